The summed E-state index contributed by atoms with van der Waals surface area (Å²) in [6.07, 6.45) is 5.91. The molecule has 2 amide bonds. The molecule has 3 unspecified atom stereocenters. The van der Waals surface area contributed by atoms with Crippen LogP contribution in [0.1, 0.15) is 52.4 Å². The number of halogens is 1. The zero-order valence-electron chi connectivity index (χ0n) is 13.8. The maximum Gasteiger partial charge on any atom is 0.239 e. The minimum Gasteiger partial charge on any atom is -0.353 e. The Bertz CT molecular complexity index is 372. The Morgan fingerprint density at radius 3 is 2.73 bits per heavy atom. The number of carbonyl (C=O) groups is 2. The Labute approximate surface area is 140 Å². The average Bonchev–Trinajstić information content (AvgIpc) is 3.01. The van der Waals surface area contributed by atoms with Crippen molar-refractivity contribution in [2.24, 2.45) is 5.92 Å². The van der Waals surface area contributed by atoms with Crippen molar-refractivity contribution in [3.63, 3.8) is 0 Å². The van der Waals surface area contributed by atoms with Crippen molar-refractivity contribution in [3.8, 4) is 0 Å². The molecule has 0 bridgehead atoms. The molecule has 2 heterocycles. The predicted octanol–water partition coefficient (Wildman–Crippen LogP) is 1.70. The van der Waals surface area contributed by atoms with Gasteiger partial charge in [0.05, 0.1) is 12.0 Å². The van der Waals surface area contributed by atoms with Crippen LogP contribution in [0.2, 0.25) is 0 Å². The number of nitrogens with zero attached hydrogens (tertiary/aromatic N) is 1. The first kappa shape index (κ1) is 19.2. The molecule has 0 aromatic carbocycles. The number of hydrogen-bond donors (Lipinski definition) is 2. The van der Waals surface area contributed by atoms with E-state index in [-0.39, 0.29) is 42.2 Å². The zero-order chi connectivity index (χ0) is 15.2. The van der Waals surface area contributed by atoms with Crippen molar-refractivity contribution >= 4 is 24.2 Å². The molecule has 2 rings (SSSR count). The van der Waals surface area contributed by atoms with E-state index in [0.717, 1.165) is 51.6 Å². The predicted molar refractivity (Wildman–Crippen MR) is 90.1 cm³/mol. The van der Waals surface area contributed by atoms with E-state index < -0.39 is 0 Å². The van der Waals surface area contributed by atoms with Gasteiger partial charge >= 0.3 is 0 Å². The molecule has 0 aliphatic carbocycles. The molecule has 0 radical (unpaired) electrons. The molecule has 6 heteroatoms. The Hall–Kier alpha value is -0.810. The van der Waals surface area contributed by atoms with Gasteiger partial charge in [-0.15, -0.1) is 12.4 Å². The van der Waals surface area contributed by atoms with Gasteiger partial charge in [0.15, 0.2) is 0 Å². The van der Waals surface area contributed by atoms with E-state index in [1.54, 1.807) is 0 Å². The van der Waals surface area contributed by atoms with Crippen molar-refractivity contribution in [2.75, 3.05) is 19.6 Å². The van der Waals surface area contributed by atoms with E-state index in [0.29, 0.717) is 6.54 Å². The summed E-state index contributed by atoms with van der Waals surface area (Å²) in [4.78, 5) is 26.6. The van der Waals surface area contributed by atoms with Crippen molar-refractivity contribution in [1.29, 1.82) is 0 Å². The fourth-order valence-electron chi connectivity index (χ4n) is 3.37. The van der Waals surface area contributed by atoms with E-state index in [9.17, 15) is 9.59 Å². The van der Waals surface area contributed by atoms with Crippen LogP contribution in [0.3, 0.4) is 0 Å². The third kappa shape index (κ3) is 5.13. The summed E-state index contributed by atoms with van der Waals surface area (Å²) in [5, 5.41) is 6.34. The number of carbonyl (C=O) groups excluding carboxylic acids is 2. The topological polar surface area (TPSA) is 61.4 Å². The normalized spacial score (nSPS) is 26.2. The summed E-state index contributed by atoms with van der Waals surface area (Å²) in [5.41, 5.74) is 0. The first-order chi connectivity index (χ1) is 10.1. The molecule has 0 aromatic heterocycles. The quantitative estimate of drug-likeness (QED) is 0.806. The molecule has 0 aromatic rings. The van der Waals surface area contributed by atoms with E-state index in [2.05, 4.69) is 24.5 Å². The lowest BCUT2D eigenvalue weighted by Crippen LogP contribution is -2.51. The standard InChI is InChI=1S/C16H29N3O2.ClH/c1-3-6-12(2)18-15(20)13-7-5-10-19(11-13)16(21)14-8-4-9-17-14;/h12-14,17H,3-11H2,1-2H3,(H,18,20);1H. The average molecular weight is 332 g/mol. The largest absolute Gasteiger partial charge is 0.353 e. The highest BCUT2D eigenvalue weighted by Crippen LogP contribution is 2.19. The summed E-state index contributed by atoms with van der Waals surface area (Å²) < 4.78 is 0. The minimum absolute atomic E-state index is 0. The van der Waals surface area contributed by atoms with Crippen LogP contribution in [0.15, 0.2) is 0 Å². The molecule has 128 valence electrons. The zero-order valence-corrected chi connectivity index (χ0v) is 14.6. The van der Waals surface area contributed by atoms with Crippen molar-refractivity contribution in [1.82, 2.24) is 15.5 Å². The monoisotopic (exact) mass is 331 g/mol. The molecule has 2 saturated heterocycles. The Morgan fingerprint density at radius 1 is 1.32 bits per heavy atom. The highest BCUT2D eigenvalue weighted by Gasteiger charge is 2.32. The second kappa shape index (κ2) is 9.36. The fraction of sp³-hybridized carbons (Fsp3) is 0.875. The van der Waals surface area contributed by atoms with Gasteiger partial charge in [0.1, 0.15) is 0 Å². The van der Waals surface area contributed by atoms with Gasteiger partial charge in [0.2, 0.25) is 11.8 Å². The first-order valence-corrected chi connectivity index (χ1v) is 8.44. The van der Waals surface area contributed by atoms with Crippen molar-refractivity contribution in [3.05, 3.63) is 0 Å². The van der Waals surface area contributed by atoms with Gasteiger partial charge in [0, 0.05) is 19.1 Å². The summed E-state index contributed by atoms with van der Waals surface area (Å²) in [6, 6.07) is 0.205. The van der Waals surface area contributed by atoms with Crippen LogP contribution in [0.4, 0.5) is 0 Å². The van der Waals surface area contributed by atoms with Gasteiger partial charge in [0.25, 0.3) is 0 Å². The molecule has 2 aliphatic rings. The van der Waals surface area contributed by atoms with Crippen molar-refractivity contribution in [2.45, 2.75) is 64.5 Å². The number of piperidine rings is 1. The van der Waals surface area contributed by atoms with E-state index in [1.165, 1.54) is 0 Å². The van der Waals surface area contributed by atoms with Gasteiger partial charge < -0.3 is 15.5 Å². The maximum atomic E-state index is 12.4. The number of nitrogens with one attached hydrogen (secondary N) is 2. The maximum absolute atomic E-state index is 12.4. The summed E-state index contributed by atoms with van der Waals surface area (Å²) in [6.45, 7) is 6.49. The van der Waals surface area contributed by atoms with Gasteiger partial charge in [-0.1, -0.05) is 13.3 Å². The lowest BCUT2D eigenvalue weighted by molar-refractivity contribution is -0.137. The van der Waals surface area contributed by atoms with Crippen LogP contribution in [0, 0.1) is 5.92 Å². The van der Waals surface area contributed by atoms with Crippen molar-refractivity contribution < 1.29 is 9.59 Å². The molecule has 3 atom stereocenters. The van der Waals surface area contributed by atoms with Crippen LogP contribution < -0.4 is 10.6 Å². The summed E-state index contributed by atoms with van der Waals surface area (Å²) in [7, 11) is 0. The minimum atomic E-state index is -0.0385. The summed E-state index contributed by atoms with van der Waals surface area (Å²) >= 11 is 0. The molecule has 0 saturated carbocycles. The van der Waals surface area contributed by atoms with Gasteiger partial charge in [-0.25, -0.2) is 0 Å². The third-order valence-electron chi connectivity index (χ3n) is 4.57. The van der Waals surface area contributed by atoms with E-state index in [1.807, 2.05) is 4.90 Å². The molecule has 22 heavy (non-hydrogen) atoms. The molecular weight excluding hydrogens is 302 g/mol. The lowest BCUT2D eigenvalue weighted by Gasteiger charge is -2.34. The van der Waals surface area contributed by atoms with Crippen LogP contribution in [0.25, 0.3) is 0 Å². The molecule has 2 fully saturated rings. The van der Waals surface area contributed by atoms with Crippen LogP contribution in [0.5, 0.6) is 0 Å². The molecule has 5 nitrogen and oxygen atoms in total. The number of amides is 2. The van der Waals surface area contributed by atoms with E-state index >= 15 is 0 Å². The molecule has 0 spiro atoms. The second-order valence-corrected chi connectivity index (χ2v) is 6.47. The highest BCUT2D eigenvalue weighted by atomic mass is 35.5. The Kier molecular flexibility index (Phi) is 8.18. The fourth-order valence-corrected chi connectivity index (χ4v) is 3.37. The van der Waals surface area contributed by atoms with Gasteiger partial charge in [-0.05, 0) is 45.6 Å². The van der Waals surface area contributed by atoms with Crippen LogP contribution in [-0.2, 0) is 9.59 Å². The lowest BCUT2D eigenvalue weighted by atomic mass is 9.96. The first-order valence-electron chi connectivity index (χ1n) is 8.44. The highest BCUT2D eigenvalue weighted by molar-refractivity contribution is 5.85. The van der Waals surface area contributed by atoms with Crippen LogP contribution >= 0.6 is 12.4 Å². The Balaban J connectivity index is 0.00000242. The molecule has 2 N–H and O–H groups in total. The Morgan fingerprint density at radius 2 is 2.09 bits per heavy atom. The van der Waals surface area contributed by atoms with Crippen LogP contribution in [-0.4, -0.2) is 48.4 Å². The summed E-state index contributed by atoms with van der Waals surface area (Å²) in [5.74, 6) is 0.267. The molecule has 2 aliphatic heterocycles. The second-order valence-electron chi connectivity index (χ2n) is 6.47. The third-order valence-corrected chi connectivity index (χ3v) is 4.57. The van der Waals surface area contributed by atoms with Gasteiger partial charge in [-0.2, -0.15) is 0 Å². The SMILES string of the molecule is CCCC(C)NC(=O)C1CCCN(C(=O)C2CCCN2)C1.Cl. The molecular formula is C16H30ClN3O2. The smallest absolute Gasteiger partial charge is 0.239 e. The number of hydrogen-bond acceptors (Lipinski definition) is 3. The number of rotatable bonds is 5. The van der Waals surface area contributed by atoms with Gasteiger partial charge in [-0.3, -0.25) is 9.59 Å². The van der Waals surface area contributed by atoms with E-state index in [4.69, 9.17) is 0 Å². The number of likely N-dealkylation sites (tertiary alicyclic amines) is 1.